The second kappa shape index (κ2) is 10.5. The van der Waals surface area contributed by atoms with Gasteiger partial charge in [0, 0.05) is 50.1 Å². The van der Waals surface area contributed by atoms with Gasteiger partial charge < -0.3 is 13.9 Å². The summed E-state index contributed by atoms with van der Waals surface area (Å²) in [5.74, 6) is -2.45. The molecule has 6 rings (SSSR count). The highest BCUT2D eigenvalue weighted by molar-refractivity contribution is 5.99. The van der Waals surface area contributed by atoms with E-state index < -0.39 is 29.8 Å². The van der Waals surface area contributed by atoms with Crippen molar-refractivity contribution in [3.05, 3.63) is 82.0 Å². The van der Waals surface area contributed by atoms with Crippen LogP contribution in [-0.4, -0.2) is 39.4 Å². The highest BCUT2D eigenvalue weighted by Gasteiger charge is 2.45. The number of methoxy groups -OCH3 is 1. The van der Waals surface area contributed by atoms with Crippen LogP contribution in [0.5, 0.6) is 0 Å². The molecule has 2 aromatic heterocycles. The number of aromatic nitrogens is 3. The van der Waals surface area contributed by atoms with Crippen molar-refractivity contribution in [2.24, 2.45) is 7.05 Å². The fourth-order valence-corrected chi connectivity index (χ4v) is 6.36. The van der Waals surface area contributed by atoms with Crippen molar-refractivity contribution >= 4 is 22.6 Å². The van der Waals surface area contributed by atoms with E-state index in [1.54, 1.807) is 31.8 Å². The number of carbonyl (C=O) groups is 1. The van der Waals surface area contributed by atoms with E-state index in [2.05, 4.69) is 4.57 Å². The Morgan fingerprint density at radius 3 is 2.39 bits per heavy atom. The number of hydrogen-bond acceptors (Lipinski definition) is 4. The maximum Gasteiger partial charge on any atom is 0.262 e. The minimum Gasteiger partial charge on any atom is -0.381 e. The molecule has 0 N–H and O–H groups in total. The predicted molar refractivity (Wildman–Crippen MR) is 150 cm³/mol. The summed E-state index contributed by atoms with van der Waals surface area (Å²) in [5.41, 5.74) is 3.85. The molecule has 10 heteroatoms. The fraction of sp³-hybridized carbons (Fsp3) is 0.387. The van der Waals surface area contributed by atoms with E-state index in [4.69, 9.17) is 9.72 Å². The normalized spacial score (nSPS) is 23.1. The van der Waals surface area contributed by atoms with Gasteiger partial charge in [0.1, 0.15) is 5.82 Å². The monoisotopic (exact) mass is 564 g/mol. The van der Waals surface area contributed by atoms with E-state index in [0.717, 1.165) is 54.5 Å². The Kier molecular flexibility index (Phi) is 6.97. The fourth-order valence-electron chi connectivity index (χ4n) is 6.36. The number of benzene rings is 2. The van der Waals surface area contributed by atoms with Crippen LogP contribution in [0.3, 0.4) is 0 Å². The van der Waals surface area contributed by atoms with E-state index >= 15 is 4.39 Å². The van der Waals surface area contributed by atoms with Gasteiger partial charge in [-0.15, -0.1) is 0 Å². The van der Waals surface area contributed by atoms with Crippen LogP contribution in [0.1, 0.15) is 55.6 Å². The van der Waals surface area contributed by atoms with Crippen molar-refractivity contribution in [3.63, 3.8) is 0 Å². The van der Waals surface area contributed by atoms with Crippen LogP contribution in [0.15, 0.2) is 53.5 Å². The topological polar surface area (TPSA) is 69.4 Å². The molecule has 1 aliphatic carbocycles. The molecule has 4 aromatic rings. The molecule has 1 saturated carbocycles. The maximum absolute atomic E-state index is 15.0. The molecule has 41 heavy (non-hydrogen) atoms. The number of anilines is 1. The van der Waals surface area contributed by atoms with Gasteiger partial charge in [0.05, 0.1) is 23.2 Å². The Morgan fingerprint density at radius 2 is 1.71 bits per heavy atom. The molecule has 214 valence electrons. The molecule has 0 spiro atoms. The second-order valence-electron chi connectivity index (χ2n) is 11.1. The first-order chi connectivity index (χ1) is 19.7. The van der Waals surface area contributed by atoms with Gasteiger partial charge in [-0.25, -0.2) is 18.2 Å². The summed E-state index contributed by atoms with van der Waals surface area (Å²) in [6.07, 6.45) is 3.29. The van der Waals surface area contributed by atoms with Gasteiger partial charge in [-0.05, 0) is 74.1 Å². The summed E-state index contributed by atoms with van der Waals surface area (Å²) in [6.45, 7) is 1.77. The molecule has 0 unspecified atom stereocenters. The molecule has 7 nitrogen and oxygen atoms in total. The number of hydrogen-bond donors (Lipinski definition) is 0. The number of imidazole rings is 1. The molecule has 1 saturated heterocycles. The standard InChI is InChI=1S/C31H31F3N4O3/c1-17-12-19(16-36(2)30(17)39)18-4-11-27-26(13-18)35-29(37(27)20-5-8-22(41-3)9-6-20)28-15-25(34)31(40)38(28)21-7-10-23(32)24(33)14-21/h4,7,10-14,16,20,22,25,28H,5-6,8-9,15H2,1-3H3/t20?,22?,25-,28-/m0/s1. The number of aryl methyl sites for hydroxylation is 2. The van der Waals surface area contributed by atoms with Gasteiger partial charge in [0.15, 0.2) is 17.8 Å². The smallest absolute Gasteiger partial charge is 0.262 e. The van der Waals surface area contributed by atoms with Crippen LogP contribution in [0, 0.1) is 18.6 Å². The van der Waals surface area contributed by atoms with Gasteiger partial charge in [-0.3, -0.25) is 14.5 Å². The number of halogens is 3. The summed E-state index contributed by atoms with van der Waals surface area (Å²) in [6, 6.07) is 10.1. The van der Waals surface area contributed by atoms with Crippen LogP contribution in [0.2, 0.25) is 0 Å². The first-order valence-electron chi connectivity index (χ1n) is 13.8. The van der Waals surface area contributed by atoms with Gasteiger partial charge >= 0.3 is 0 Å². The first-order valence-corrected chi connectivity index (χ1v) is 13.8. The van der Waals surface area contributed by atoms with E-state index in [9.17, 15) is 18.4 Å². The summed E-state index contributed by atoms with van der Waals surface area (Å²) < 4.78 is 52.2. The number of carbonyl (C=O) groups excluding carboxylic acids is 1. The van der Waals surface area contributed by atoms with Crippen LogP contribution >= 0.6 is 0 Å². The number of pyridine rings is 1. The third-order valence-corrected chi connectivity index (χ3v) is 8.48. The number of fused-ring (bicyclic) bond motifs is 1. The predicted octanol–water partition coefficient (Wildman–Crippen LogP) is 5.93. The zero-order valence-electron chi connectivity index (χ0n) is 23.1. The van der Waals surface area contributed by atoms with Gasteiger partial charge in [0.2, 0.25) is 0 Å². The van der Waals surface area contributed by atoms with Gasteiger partial charge in [-0.1, -0.05) is 6.07 Å². The first kappa shape index (κ1) is 27.3. The van der Waals surface area contributed by atoms with Gasteiger partial charge in [-0.2, -0.15) is 0 Å². The Morgan fingerprint density at radius 1 is 0.951 bits per heavy atom. The number of amides is 1. The molecule has 2 atom stereocenters. The molecular weight excluding hydrogens is 533 g/mol. The maximum atomic E-state index is 15.0. The lowest BCUT2D eigenvalue weighted by Gasteiger charge is -2.32. The lowest BCUT2D eigenvalue weighted by Crippen LogP contribution is -2.32. The molecule has 2 aromatic carbocycles. The van der Waals surface area contributed by atoms with Crippen molar-refractivity contribution in [2.75, 3.05) is 12.0 Å². The van der Waals surface area contributed by atoms with E-state index in [1.165, 1.54) is 11.0 Å². The highest BCUT2D eigenvalue weighted by atomic mass is 19.2. The van der Waals surface area contributed by atoms with E-state index in [-0.39, 0.29) is 29.8 Å². The van der Waals surface area contributed by atoms with Crippen LogP contribution < -0.4 is 10.5 Å². The molecule has 0 radical (unpaired) electrons. The van der Waals surface area contributed by atoms with Crippen LogP contribution in [0.25, 0.3) is 22.2 Å². The van der Waals surface area contributed by atoms with Crippen molar-refractivity contribution in [2.45, 2.75) is 63.4 Å². The highest BCUT2D eigenvalue weighted by Crippen LogP contribution is 2.43. The molecule has 0 bridgehead atoms. The zero-order valence-corrected chi connectivity index (χ0v) is 23.1. The number of nitrogens with zero attached hydrogens (tertiary/aromatic N) is 4. The van der Waals surface area contributed by atoms with E-state index in [0.29, 0.717) is 16.9 Å². The largest absolute Gasteiger partial charge is 0.381 e. The molecule has 1 aliphatic heterocycles. The Labute approximate surface area is 235 Å². The molecular formula is C31H31F3N4O3. The summed E-state index contributed by atoms with van der Waals surface area (Å²) in [4.78, 5) is 31.5. The third kappa shape index (κ3) is 4.73. The number of rotatable bonds is 5. The Bertz CT molecular complexity index is 1680. The summed E-state index contributed by atoms with van der Waals surface area (Å²) >= 11 is 0. The zero-order chi connectivity index (χ0) is 29.0. The number of alkyl halides is 1. The van der Waals surface area contributed by atoms with Crippen molar-refractivity contribution in [1.29, 1.82) is 0 Å². The Balaban J connectivity index is 1.50. The van der Waals surface area contributed by atoms with Gasteiger partial charge in [0.25, 0.3) is 11.5 Å². The van der Waals surface area contributed by atoms with Crippen molar-refractivity contribution in [1.82, 2.24) is 14.1 Å². The molecule has 1 amide bonds. The van der Waals surface area contributed by atoms with E-state index in [1.807, 2.05) is 24.3 Å². The third-order valence-electron chi connectivity index (χ3n) is 8.48. The molecule has 3 heterocycles. The molecule has 2 aliphatic rings. The molecule has 2 fully saturated rings. The van der Waals surface area contributed by atoms with Crippen molar-refractivity contribution in [3.8, 4) is 11.1 Å². The Hall–Kier alpha value is -3.92. The summed E-state index contributed by atoms with van der Waals surface area (Å²) in [5, 5.41) is 0. The minimum atomic E-state index is -1.80. The summed E-state index contributed by atoms with van der Waals surface area (Å²) in [7, 11) is 3.41. The lowest BCUT2D eigenvalue weighted by molar-refractivity contribution is -0.121. The average Bonchev–Trinajstić information content (AvgIpc) is 3.49. The van der Waals surface area contributed by atoms with Crippen LogP contribution in [0.4, 0.5) is 18.9 Å². The second-order valence-corrected chi connectivity index (χ2v) is 11.1. The SMILES string of the molecule is COC1CCC(n2c([C@@H]3C[C@H](F)C(=O)N3c3ccc(F)c(F)c3)nc3cc(-c4cc(C)c(=O)n(C)c4)ccc32)CC1. The lowest BCUT2D eigenvalue weighted by atomic mass is 9.92. The van der Waals surface area contributed by atoms with Crippen LogP contribution in [-0.2, 0) is 16.6 Å². The minimum absolute atomic E-state index is 0.0348. The van der Waals surface area contributed by atoms with Crippen molar-refractivity contribution < 1.29 is 22.7 Å². The average molecular weight is 565 g/mol. The quantitative estimate of drug-likeness (QED) is 0.301. The number of ether oxygens (including phenoxy) is 1.